The number of nitrogens with two attached hydrogens (primary N) is 1. The van der Waals surface area contributed by atoms with Crippen molar-refractivity contribution in [3.63, 3.8) is 0 Å². The van der Waals surface area contributed by atoms with E-state index in [4.69, 9.17) is 22.1 Å². The summed E-state index contributed by atoms with van der Waals surface area (Å²) in [5.41, 5.74) is 4.92. The Kier molecular flexibility index (Phi) is 6.65. The van der Waals surface area contributed by atoms with Crippen LogP contribution in [-0.4, -0.2) is 36.6 Å². The number of anilines is 1. The Hall–Kier alpha value is -1.82. The summed E-state index contributed by atoms with van der Waals surface area (Å²) >= 11 is 5.85. The van der Waals surface area contributed by atoms with Crippen molar-refractivity contribution in [2.24, 2.45) is 11.7 Å². The van der Waals surface area contributed by atoms with Gasteiger partial charge in [-0.2, -0.15) is 0 Å². The fourth-order valence-electron chi connectivity index (χ4n) is 2.76. The first-order chi connectivity index (χ1) is 11.0. The van der Waals surface area contributed by atoms with Crippen LogP contribution in [0.2, 0.25) is 5.02 Å². The summed E-state index contributed by atoms with van der Waals surface area (Å²) in [6, 6.07) is 3.80. The third-order valence-electron chi connectivity index (χ3n) is 4.02. The highest BCUT2D eigenvalue weighted by Gasteiger charge is 2.20. The molecule has 1 aliphatic heterocycles. The number of nitrogens with zero attached hydrogens (tertiary/aromatic N) is 2. The molecule has 7 heteroatoms. The summed E-state index contributed by atoms with van der Waals surface area (Å²) in [6.45, 7) is 1.60. The number of esters is 1. The Morgan fingerprint density at radius 3 is 2.70 bits per heavy atom. The van der Waals surface area contributed by atoms with E-state index in [1.807, 2.05) is 12.1 Å². The van der Waals surface area contributed by atoms with Gasteiger partial charge in [-0.3, -0.25) is 9.59 Å². The van der Waals surface area contributed by atoms with Crippen molar-refractivity contribution in [3.8, 4) is 0 Å². The number of ether oxygens (including phenoxy) is 1. The van der Waals surface area contributed by atoms with Gasteiger partial charge in [0.1, 0.15) is 5.82 Å². The molecular formula is C16H22ClN3O3. The summed E-state index contributed by atoms with van der Waals surface area (Å²) < 4.78 is 4.74. The number of rotatable bonds is 7. The molecule has 23 heavy (non-hydrogen) atoms. The first-order valence-electron chi connectivity index (χ1n) is 7.85. The summed E-state index contributed by atoms with van der Waals surface area (Å²) in [7, 11) is 0. The lowest BCUT2D eigenvalue weighted by molar-refractivity contribution is -0.147. The Labute approximate surface area is 140 Å². The molecule has 0 unspecified atom stereocenters. The van der Waals surface area contributed by atoms with E-state index in [0.717, 1.165) is 44.6 Å². The number of pyridine rings is 1. The van der Waals surface area contributed by atoms with Gasteiger partial charge in [-0.1, -0.05) is 11.6 Å². The van der Waals surface area contributed by atoms with Gasteiger partial charge in [-0.15, -0.1) is 0 Å². The van der Waals surface area contributed by atoms with E-state index in [-0.39, 0.29) is 12.6 Å². The normalized spacial score (nSPS) is 15.4. The third kappa shape index (κ3) is 6.06. The van der Waals surface area contributed by atoms with Gasteiger partial charge in [0, 0.05) is 25.7 Å². The highest BCUT2D eigenvalue weighted by atomic mass is 35.5. The topological polar surface area (TPSA) is 85.5 Å². The molecule has 1 aromatic heterocycles. The maximum absolute atomic E-state index is 11.4. The maximum Gasteiger partial charge on any atom is 0.306 e. The van der Waals surface area contributed by atoms with Crippen LogP contribution in [0.25, 0.3) is 0 Å². The van der Waals surface area contributed by atoms with E-state index in [1.54, 1.807) is 6.20 Å². The van der Waals surface area contributed by atoms with Crippen LogP contribution in [0.3, 0.4) is 0 Å². The second-order valence-electron chi connectivity index (χ2n) is 5.78. The molecule has 1 aromatic rings. The Morgan fingerprint density at radius 1 is 1.35 bits per heavy atom. The minimum atomic E-state index is -0.624. The van der Waals surface area contributed by atoms with Crippen LogP contribution in [0.5, 0.6) is 0 Å². The molecule has 6 nitrogen and oxygen atoms in total. The standard InChI is InChI=1S/C16H22ClN3O3/c17-13-4-5-15(19-10-13)20-8-6-12(7-9-20)2-1-3-16(22)23-11-14(18)21/h4-5,10,12H,1-3,6-9,11H2,(H2,18,21). The molecule has 1 saturated heterocycles. The van der Waals surface area contributed by atoms with Crippen molar-refractivity contribution in [1.82, 2.24) is 4.98 Å². The number of carbonyl (C=O) groups excluding carboxylic acids is 2. The van der Waals surface area contributed by atoms with Crippen molar-refractivity contribution < 1.29 is 14.3 Å². The first-order valence-corrected chi connectivity index (χ1v) is 8.23. The molecule has 0 spiro atoms. The number of piperidine rings is 1. The summed E-state index contributed by atoms with van der Waals surface area (Å²) in [5, 5.41) is 0.645. The summed E-state index contributed by atoms with van der Waals surface area (Å²) in [4.78, 5) is 28.5. The van der Waals surface area contributed by atoms with Crippen molar-refractivity contribution >= 4 is 29.3 Å². The molecule has 2 heterocycles. The van der Waals surface area contributed by atoms with Gasteiger partial charge in [0.05, 0.1) is 5.02 Å². The summed E-state index contributed by atoms with van der Waals surface area (Å²) in [5.74, 6) is 0.596. The number of carbonyl (C=O) groups is 2. The SMILES string of the molecule is NC(=O)COC(=O)CCCC1CCN(c2ccc(Cl)cn2)CC1. The third-order valence-corrected chi connectivity index (χ3v) is 4.24. The van der Waals surface area contributed by atoms with E-state index in [1.165, 1.54) is 0 Å². The van der Waals surface area contributed by atoms with Gasteiger partial charge < -0.3 is 15.4 Å². The Morgan fingerprint density at radius 2 is 2.09 bits per heavy atom. The van der Waals surface area contributed by atoms with Crippen molar-refractivity contribution in [1.29, 1.82) is 0 Å². The van der Waals surface area contributed by atoms with Crippen LogP contribution in [0, 0.1) is 5.92 Å². The van der Waals surface area contributed by atoms with E-state index in [2.05, 4.69) is 9.88 Å². The number of hydrogen-bond donors (Lipinski definition) is 1. The van der Waals surface area contributed by atoms with Crippen LogP contribution < -0.4 is 10.6 Å². The molecular weight excluding hydrogens is 318 g/mol. The van der Waals surface area contributed by atoms with Crippen molar-refractivity contribution in [3.05, 3.63) is 23.4 Å². The number of aromatic nitrogens is 1. The molecule has 0 aromatic carbocycles. The first kappa shape index (κ1) is 17.5. The van der Waals surface area contributed by atoms with Gasteiger partial charge in [0.2, 0.25) is 0 Å². The number of amides is 1. The van der Waals surface area contributed by atoms with Crippen LogP contribution in [0.1, 0.15) is 32.1 Å². The van der Waals surface area contributed by atoms with E-state index in [0.29, 0.717) is 17.4 Å². The molecule has 0 atom stereocenters. The Balaban J connectivity index is 1.64. The fourth-order valence-corrected chi connectivity index (χ4v) is 2.88. The van der Waals surface area contributed by atoms with E-state index < -0.39 is 5.91 Å². The number of halogens is 1. The highest BCUT2D eigenvalue weighted by molar-refractivity contribution is 6.30. The van der Waals surface area contributed by atoms with Crippen LogP contribution >= 0.6 is 11.6 Å². The molecule has 1 amide bonds. The van der Waals surface area contributed by atoms with Gasteiger partial charge in [-0.25, -0.2) is 4.98 Å². The lowest BCUT2D eigenvalue weighted by Gasteiger charge is -2.32. The minimum Gasteiger partial charge on any atom is -0.456 e. The van der Waals surface area contributed by atoms with Gasteiger partial charge >= 0.3 is 5.97 Å². The second-order valence-corrected chi connectivity index (χ2v) is 6.22. The predicted molar refractivity (Wildman–Crippen MR) is 88.2 cm³/mol. The summed E-state index contributed by atoms with van der Waals surface area (Å²) in [6.07, 6.45) is 5.95. The zero-order chi connectivity index (χ0) is 16.7. The Bertz CT molecular complexity index is 528. The molecule has 2 N–H and O–H groups in total. The molecule has 0 aliphatic carbocycles. The minimum absolute atomic E-state index is 0.328. The number of primary amides is 1. The van der Waals surface area contributed by atoms with Crippen molar-refractivity contribution in [2.75, 3.05) is 24.6 Å². The molecule has 1 fully saturated rings. The quantitative estimate of drug-likeness (QED) is 0.769. The molecule has 126 valence electrons. The maximum atomic E-state index is 11.4. The van der Waals surface area contributed by atoms with Gasteiger partial charge in [0.25, 0.3) is 5.91 Å². The molecule has 0 radical (unpaired) electrons. The van der Waals surface area contributed by atoms with Crippen LogP contribution in [0.4, 0.5) is 5.82 Å². The lowest BCUT2D eigenvalue weighted by atomic mass is 9.91. The van der Waals surface area contributed by atoms with Crippen LogP contribution in [-0.2, 0) is 14.3 Å². The van der Waals surface area contributed by atoms with E-state index >= 15 is 0 Å². The number of hydrogen-bond acceptors (Lipinski definition) is 5. The van der Waals surface area contributed by atoms with Gasteiger partial charge in [0.15, 0.2) is 6.61 Å². The van der Waals surface area contributed by atoms with Crippen LogP contribution in [0.15, 0.2) is 18.3 Å². The second kappa shape index (κ2) is 8.72. The smallest absolute Gasteiger partial charge is 0.306 e. The zero-order valence-corrected chi connectivity index (χ0v) is 13.8. The van der Waals surface area contributed by atoms with E-state index in [9.17, 15) is 9.59 Å². The lowest BCUT2D eigenvalue weighted by Crippen LogP contribution is -2.34. The van der Waals surface area contributed by atoms with Gasteiger partial charge in [-0.05, 0) is 43.7 Å². The average molecular weight is 340 g/mol. The van der Waals surface area contributed by atoms with Crippen molar-refractivity contribution in [2.45, 2.75) is 32.1 Å². The molecule has 0 saturated carbocycles. The molecule has 2 rings (SSSR count). The largest absolute Gasteiger partial charge is 0.456 e. The highest BCUT2D eigenvalue weighted by Crippen LogP contribution is 2.26. The molecule has 0 bridgehead atoms. The predicted octanol–water partition coefficient (Wildman–Crippen LogP) is 2.15. The fraction of sp³-hybridized carbons (Fsp3) is 0.562. The monoisotopic (exact) mass is 339 g/mol. The average Bonchev–Trinajstić information content (AvgIpc) is 2.54. The molecule has 1 aliphatic rings. The zero-order valence-electron chi connectivity index (χ0n) is 13.0.